The van der Waals surface area contributed by atoms with Crippen molar-refractivity contribution in [3.8, 4) is 16.9 Å². The normalized spacial score (nSPS) is 14.4. The SMILES string of the molecule is Cc1ncc(N)c(Nc2ccc3[nH]ccc3c2C)c1-c1ccc(OCCN2CCC(c3ccccc3)CC2)cc1. The van der Waals surface area contributed by atoms with Gasteiger partial charge in [-0.2, -0.15) is 0 Å². The predicted octanol–water partition coefficient (Wildman–Crippen LogP) is 7.43. The van der Waals surface area contributed by atoms with Crippen LogP contribution in [0.3, 0.4) is 0 Å². The molecule has 0 atom stereocenters. The summed E-state index contributed by atoms with van der Waals surface area (Å²) in [5.41, 5.74) is 15.7. The van der Waals surface area contributed by atoms with Gasteiger partial charge in [-0.25, -0.2) is 0 Å². The zero-order valence-corrected chi connectivity index (χ0v) is 23.3. The van der Waals surface area contributed by atoms with Crippen LogP contribution in [0.5, 0.6) is 5.75 Å². The Hall–Kier alpha value is -4.29. The number of piperidine rings is 1. The summed E-state index contributed by atoms with van der Waals surface area (Å²) in [4.78, 5) is 10.4. The van der Waals surface area contributed by atoms with Crippen molar-refractivity contribution in [3.63, 3.8) is 0 Å². The van der Waals surface area contributed by atoms with E-state index in [1.165, 1.54) is 29.4 Å². The number of nitrogens with two attached hydrogens (primary N) is 1. The number of nitrogen functional groups attached to an aromatic ring is 1. The highest BCUT2D eigenvalue weighted by Crippen LogP contribution is 2.38. The lowest BCUT2D eigenvalue weighted by molar-refractivity contribution is 0.173. The molecule has 4 N–H and O–H groups in total. The van der Waals surface area contributed by atoms with Gasteiger partial charge in [0, 0.05) is 40.6 Å². The van der Waals surface area contributed by atoms with E-state index < -0.39 is 0 Å². The van der Waals surface area contributed by atoms with E-state index in [4.69, 9.17) is 10.5 Å². The highest BCUT2D eigenvalue weighted by molar-refractivity contribution is 5.94. The average Bonchev–Trinajstić information content (AvgIpc) is 3.48. The molecule has 0 amide bonds. The number of aromatic nitrogens is 2. The number of rotatable bonds is 8. The van der Waals surface area contributed by atoms with Crippen molar-refractivity contribution in [2.45, 2.75) is 32.6 Å². The number of pyridine rings is 1. The van der Waals surface area contributed by atoms with Gasteiger partial charge in [0.15, 0.2) is 0 Å². The molecule has 204 valence electrons. The Morgan fingerprint density at radius 3 is 2.52 bits per heavy atom. The van der Waals surface area contributed by atoms with E-state index >= 15 is 0 Å². The molecular weight excluding hydrogens is 494 g/mol. The van der Waals surface area contributed by atoms with Crippen LogP contribution in [-0.2, 0) is 0 Å². The van der Waals surface area contributed by atoms with Crippen LogP contribution in [0.25, 0.3) is 22.0 Å². The van der Waals surface area contributed by atoms with E-state index in [2.05, 4.69) is 87.8 Å². The highest BCUT2D eigenvalue weighted by Gasteiger charge is 2.20. The quantitative estimate of drug-likeness (QED) is 0.194. The Balaban J connectivity index is 1.10. The molecule has 1 aliphatic rings. The predicted molar refractivity (Wildman–Crippen MR) is 165 cm³/mol. The maximum Gasteiger partial charge on any atom is 0.119 e. The fourth-order valence-electron chi connectivity index (χ4n) is 5.89. The van der Waals surface area contributed by atoms with Crippen LogP contribution in [0.15, 0.2) is 85.2 Å². The van der Waals surface area contributed by atoms with Gasteiger partial charge in [0.05, 0.1) is 17.6 Å². The van der Waals surface area contributed by atoms with Gasteiger partial charge in [0.2, 0.25) is 0 Å². The van der Waals surface area contributed by atoms with E-state index in [1.54, 1.807) is 6.20 Å². The van der Waals surface area contributed by atoms with Crippen LogP contribution in [-0.4, -0.2) is 41.1 Å². The lowest BCUT2D eigenvalue weighted by Crippen LogP contribution is -2.35. The first-order chi connectivity index (χ1) is 19.6. The standard InChI is InChI=1S/C34H37N5O/c1-23-29-14-17-36-32(29)13-12-31(23)38-34-30(35)22-37-24(2)33(34)27-8-10-28(11-9-27)40-21-20-39-18-15-26(16-19-39)25-6-4-3-5-7-25/h3-14,17,22,26,36H,15-16,18-21,35H2,1-2H3,(H,37,38). The summed E-state index contributed by atoms with van der Waals surface area (Å²) >= 11 is 0. The molecule has 0 radical (unpaired) electrons. The van der Waals surface area contributed by atoms with E-state index in [0.29, 0.717) is 18.2 Å². The molecular formula is C34H37N5O. The van der Waals surface area contributed by atoms with Gasteiger partial charge in [-0.3, -0.25) is 9.88 Å². The molecule has 0 aliphatic carbocycles. The number of aryl methyl sites for hydroxylation is 2. The van der Waals surface area contributed by atoms with Gasteiger partial charge in [-0.15, -0.1) is 0 Å². The number of fused-ring (bicyclic) bond motifs is 1. The smallest absolute Gasteiger partial charge is 0.119 e. The minimum absolute atomic E-state index is 0.616. The van der Waals surface area contributed by atoms with E-state index in [-0.39, 0.29) is 0 Å². The fraction of sp³-hybridized carbons (Fsp3) is 0.265. The van der Waals surface area contributed by atoms with Crippen molar-refractivity contribution in [2.24, 2.45) is 0 Å². The van der Waals surface area contributed by atoms with Crippen molar-refractivity contribution in [2.75, 3.05) is 37.3 Å². The number of nitrogens with zero attached hydrogens (tertiary/aromatic N) is 2. The lowest BCUT2D eigenvalue weighted by atomic mass is 9.89. The molecule has 1 fully saturated rings. The monoisotopic (exact) mass is 531 g/mol. The minimum Gasteiger partial charge on any atom is -0.492 e. The van der Waals surface area contributed by atoms with Crippen molar-refractivity contribution >= 4 is 28.0 Å². The second kappa shape index (κ2) is 11.4. The molecule has 6 heteroatoms. The summed E-state index contributed by atoms with van der Waals surface area (Å²) in [5.74, 6) is 1.55. The maximum atomic E-state index is 6.47. The van der Waals surface area contributed by atoms with E-state index in [0.717, 1.165) is 59.1 Å². The molecule has 6 nitrogen and oxygen atoms in total. The Labute approximate surface area is 236 Å². The van der Waals surface area contributed by atoms with Gasteiger partial charge < -0.3 is 20.8 Å². The topological polar surface area (TPSA) is 79.2 Å². The van der Waals surface area contributed by atoms with Crippen LogP contribution < -0.4 is 15.8 Å². The van der Waals surface area contributed by atoms with Gasteiger partial charge >= 0.3 is 0 Å². The summed E-state index contributed by atoms with van der Waals surface area (Å²) in [7, 11) is 0. The molecule has 2 aromatic heterocycles. The van der Waals surface area contributed by atoms with Crippen LogP contribution in [0.2, 0.25) is 0 Å². The number of nitrogens with one attached hydrogen (secondary N) is 2. The van der Waals surface area contributed by atoms with Gasteiger partial charge in [0.25, 0.3) is 0 Å². The molecule has 1 aliphatic heterocycles. The first-order valence-electron chi connectivity index (χ1n) is 14.2. The number of hydrogen-bond acceptors (Lipinski definition) is 5. The fourth-order valence-corrected chi connectivity index (χ4v) is 5.89. The first kappa shape index (κ1) is 26.0. The highest BCUT2D eigenvalue weighted by atomic mass is 16.5. The van der Waals surface area contributed by atoms with E-state index in [9.17, 15) is 0 Å². The van der Waals surface area contributed by atoms with Gasteiger partial charge in [-0.05, 0) is 92.7 Å². The van der Waals surface area contributed by atoms with Crippen molar-refractivity contribution in [3.05, 3.63) is 102 Å². The summed E-state index contributed by atoms with van der Waals surface area (Å²) in [5, 5.41) is 4.81. The van der Waals surface area contributed by atoms with Crippen LogP contribution in [0.1, 0.15) is 35.6 Å². The summed E-state index contributed by atoms with van der Waals surface area (Å²) in [6, 6.07) is 25.5. The van der Waals surface area contributed by atoms with Crippen LogP contribution in [0.4, 0.5) is 17.1 Å². The molecule has 3 aromatic carbocycles. The van der Waals surface area contributed by atoms with Crippen molar-refractivity contribution in [1.82, 2.24) is 14.9 Å². The second-order valence-electron chi connectivity index (χ2n) is 10.8. The zero-order chi connectivity index (χ0) is 27.5. The molecule has 40 heavy (non-hydrogen) atoms. The van der Waals surface area contributed by atoms with Gasteiger partial charge in [0.1, 0.15) is 12.4 Å². The second-order valence-corrected chi connectivity index (χ2v) is 10.8. The molecule has 0 bridgehead atoms. The molecule has 1 saturated heterocycles. The van der Waals surface area contributed by atoms with E-state index in [1.807, 2.05) is 25.3 Å². The zero-order valence-electron chi connectivity index (χ0n) is 23.3. The molecule has 0 saturated carbocycles. The number of hydrogen-bond donors (Lipinski definition) is 3. The number of likely N-dealkylation sites (tertiary alicyclic amines) is 1. The van der Waals surface area contributed by atoms with Crippen LogP contribution >= 0.6 is 0 Å². The Bertz CT molecular complexity index is 1580. The van der Waals surface area contributed by atoms with Crippen LogP contribution in [0, 0.1) is 13.8 Å². The van der Waals surface area contributed by atoms with Crippen molar-refractivity contribution < 1.29 is 4.74 Å². The third-order valence-corrected chi connectivity index (χ3v) is 8.24. The molecule has 6 rings (SSSR count). The largest absolute Gasteiger partial charge is 0.492 e. The summed E-state index contributed by atoms with van der Waals surface area (Å²) in [6.45, 7) is 8.02. The third-order valence-electron chi connectivity index (χ3n) is 8.24. The number of anilines is 3. The molecule has 0 spiro atoms. The first-order valence-corrected chi connectivity index (χ1v) is 14.2. The Morgan fingerprint density at radius 2 is 1.75 bits per heavy atom. The summed E-state index contributed by atoms with van der Waals surface area (Å²) in [6.07, 6.45) is 6.11. The lowest BCUT2D eigenvalue weighted by Gasteiger charge is -2.32. The number of aromatic amines is 1. The minimum atomic E-state index is 0.616. The molecule has 3 heterocycles. The molecule has 5 aromatic rings. The number of benzene rings is 3. The number of ether oxygens (including phenoxy) is 1. The van der Waals surface area contributed by atoms with Gasteiger partial charge in [-0.1, -0.05) is 42.5 Å². The third kappa shape index (κ3) is 5.40. The summed E-state index contributed by atoms with van der Waals surface area (Å²) < 4.78 is 6.14. The maximum absolute atomic E-state index is 6.47. The van der Waals surface area contributed by atoms with Crippen molar-refractivity contribution in [1.29, 1.82) is 0 Å². The average molecular weight is 532 g/mol. The Kier molecular flexibility index (Phi) is 7.43. The molecule has 0 unspecified atom stereocenters. The Morgan fingerprint density at radius 1 is 0.975 bits per heavy atom. The number of H-pyrrole nitrogens is 1.